The van der Waals surface area contributed by atoms with E-state index in [2.05, 4.69) is 5.32 Å². The van der Waals surface area contributed by atoms with Crippen LogP contribution in [0.25, 0.3) is 0 Å². The summed E-state index contributed by atoms with van der Waals surface area (Å²) >= 11 is 0. The summed E-state index contributed by atoms with van der Waals surface area (Å²) in [4.78, 5) is 15.7. The average molecular weight is 235 g/mol. The zero-order valence-electron chi connectivity index (χ0n) is 9.61. The van der Waals surface area contributed by atoms with Gasteiger partial charge in [-0.2, -0.15) is 0 Å². The van der Waals surface area contributed by atoms with E-state index < -0.39 is 0 Å². The van der Waals surface area contributed by atoms with Crippen LogP contribution in [0, 0.1) is 5.82 Å². The van der Waals surface area contributed by atoms with Gasteiger partial charge in [0.1, 0.15) is 5.82 Å². The Hall–Kier alpha value is -1.62. The lowest BCUT2D eigenvalue weighted by molar-refractivity contribution is -0.119. The first-order valence-corrected chi connectivity index (χ1v) is 5.70. The van der Waals surface area contributed by atoms with Crippen LogP contribution >= 0.6 is 0 Å². The molecule has 5 heteroatoms. The zero-order valence-corrected chi connectivity index (χ0v) is 9.61. The summed E-state index contributed by atoms with van der Waals surface area (Å²) in [5.74, 6) is -0.209. The number of amides is 1. The highest BCUT2D eigenvalue weighted by atomic mass is 19.1. The number of benzene rings is 1. The average Bonchev–Trinajstić information content (AvgIpc) is 2.30. The molecule has 90 valence electrons. The Morgan fingerprint density at radius 3 is 3.06 bits per heavy atom. The predicted molar refractivity (Wildman–Crippen MR) is 63.8 cm³/mol. The summed E-state index contributed by atoms with van der Waals surface area (Å²) in [6.45, 7) is 1.87. The molecule has 0 spiro atoms. The van der Waals surface area contributed by atoms with Crippen LogP contribution in [0.5, 0.6) is 0 Å². The summed E-state index contributed by atoms with van der Waals surface area (Å²) in [5.41, 5.74) is 1.60. The van der Waals surface area contributed by atoms with E-state index in [1.54, 1.807) is 11.0 Å². The molecule has 1 N–H and O–H groups in total. The van der Waals surface area contributed by atoms with Gasteiger partial charge in [-0.25, -0.2) is 4.39 Å². The molecule has 1 aromatic carbocycles. The second kappa shape index (κ2) is 3.70. The molecule has 0 bridgehead atoms. The number of likely N-dealkylation sites (N-methyl/N-ethyl adjacent to an activating group) is 1. The molecule has 3 rings (SSSR count). The van der Waals surface area contributed by atoms with Gasteiger partial charge in [0.2, 0.25) is 5.91 Å². The Morgan fingerprint density at radius 2 is 2.24 bits per heavy atom. The van der Waals surface area contributed by atoms with Gasteiger partial charge in [0.15, 0.2) is 0 Å². The molecule has 2 aliphatic rings. The molecule has 2 heterocycles. The minimum absolute atomic E-state index is 0.0576. The lowest BCUT2D eigenvalue weighted by atomic mass is 10.0. The molecule has 1 aromatic rings. The first-order chi connectivity index (χ1) is 8.16. The van der Waals surface area contributed by atoms with Crippen LogP contribution < -0.4 is 15.1 Å². The highest BCUT2D eigenvalue weighted by molar-refractivity contribution is 6.00. The largest absolute Gasteiger partial charge is 0.371 e. The van der Waals surface area contributed by atoms with Crippen LogP contribution in [0.4, 0.5) is 15.8 Å². The number of rotatable bonds is 0. The number of nitrogens with zero attached hydrogens (tertiary/aromatic N) is 2. The standard InChI is InChI=1S/C12H14FN3O/c1-15-7-9-5-14-6-12(17)16(9)10-3-2-8(13)4-11(10)15/h2-4,9,14H,5-7H2,1H3. The molecule has 0 saturated carbocycles. The summed E-state index contributed by atoms with van der Waals surface area (Å²) in [7, 11) is 1.93. The SMILES string of the molecule is CN1CC2CNCC(=O)N2c2ccc(F)cc21. The van der Waals surface area contributed by atoms with E-state index in [1.807, 2.05) is 11.9 Å². The molecule has 1 saturated heterocycles. The number of hydrogen-bond acceptors (Lipinski definition) is 3. The van der Waals surface area contributed by atoms with E-state index in [-0.39, 0.29) is 17.8 Å². The molecule has 17 heavy (non-hydrogen) atoms. The smallest absolute Gasteiger partial charge is 0.241 e. The summed E-state index contributed by atoms with van der Waals surface area (Å²) in [6, 6.07) is 4.72. The quantitative estimate of drug-likeness (QED) is 0.714. The Kier molecular flexibility index (Phi) is 2.29. The number of piperazine rings is 1. The Bertz CT molecular complexity index is 477. The molecular weight excluding hydrogens is 221 g/mol. The van der Waals surface area contributed by atoms with Crippen molar-refractivity contribution in [2.24, 2.45) is 0 Å². The molecule has 2 aliphatic heterocycles. The van der Waals surface area contributed by atoms with Crippen molar-refractivity contribution in [2.75, 3.05) is 36.5 Å². The monoisotopic (exact) mass is 235 g/mol. The molecule has 1 atom stereocenters. The van der Waals surface area contributed by atoms with Crippen molar-refractivity contribution in [3.63, 3.8) is 0 Å². The minimum Gasteiger partial charge on any atom is -0.371 e. The van der Waals surface area contributed by atoms with Crippen molar-refractivity contribution in [1.29, 1.82) is 0 Å². The third-order valence-corrected chi connectivity index (χ3v) is 3.38. The summed E-state index contributed by atoms with van der Waals surface area (Å²) in [5, 5.41) is 3.10. The number of anilines is 2. The Balaban J connectivity index is 2.10. The molecule has 0 radical (unpaired) electrons. The van der Waals surface area contributed by atoms with E-state index in [4.69, 9.17) is 0 Å². The molecule has 1 fully saturated rings. The van der Waals surface area contributed by atoms with Gasteiger partial charge in [-0.1, -0.05) is 0 Å². The summed E-state index contributed by atoms with van der Waals surface area (Å²) in [6.07, 6.45) is 0. The van der Waals surface area contributed by atoms with E-state index >= 15 is 0 Å². The van der Waals surface area contributed by atoms with Crippen molar-refractivity contribution in [1.82, 2.24) is 5.32 Å². The number of carbonyl (C=O) groups is 1. The fourth-order valence-electron chi connectivity index (χ4n) is 2.62. The molecule has 1 amide bonds. The normalized spacial score (nSPS) is 23.4. The van der Waals surface area contributed by atoms with Crippen LogP contribution in [0.3, 0.4) is 0 Å². The first-order valence-electron chi connectivity index (χ1n) is 5.70. The Labute approximate surface area is 99.0 Å². The summed E-state index contributed by atoms with van der Waals surface area (Å²) < 4.78 is 13.2. The number of nitrogens with one attached hydrogen (secondary N) is 1. The number of halogens is 1. The van der Waals surface area contributed by atoms with Crippen molar-refractivity contribution >= 4 is 17.3 Å². The molecular formula is C12H14FN3O. The number of hydrogen-bond donors (Lipinski definition) is 1. The van der Waals surface area contributed by atoms with Gasteiger partial charge in [0, 0.05) is 20.1 Å². The first kappa shape index (κ1) is 10.5. The fourth-order valence-corrected chi connectivity index (χ4v) is 2.62. The predicted octanol–water partition coefficient (Wildman–Crippen LogP) is 0.580. The maximum Gasteiger partial charge on any atom is 0.241 e. The highest BCUT2D eigenvalue weighted by Crippen LogP contribution is 2.35. The van der Waals surface area contributed by atoms with Gasteiger partial charge in [-0.15, -0.1) is 0 Å². The number of fused-ring (bicyclic) bond motifs is 3. The second-order valence-electron chi connectivity index (χ2n) is 4.56. The van der Waals surface area contributed by atoms with Crippen LogP contribution in [-0.4, -0.2) is 38.6 Å². The van der Waals surface area contributed by atoms with Gasteiger partial charge in [-0.05, 0) is 18.2 Å². The molecule has 1 unspecified atom stereocenters. The second-order valence-corrected chi connectivity index (χ2v) is 4.56. The highest BCUT2D eigenvalue weighted by Gasteiger charge is 2.35. The zero-order chi connectivity index (χ0) is 12.0. The third-order valence-electron chi connectivity index (χ3n) is 3.38. The van der Waals surface area contributed by atoms with E-state index in [1.165, 1.54) is 12.1 Å². The lowest BCUT2D eigenvalue weighted by Gasteiger charge is -2.44. The van der Waals surface area contributed by atoms with Crippen molar-refractivity contribution in [3.05, 3.63) is 24.0 Å². The molecule has 4 nitrogen and oxygen atoms in total. The van der Waals surface area contributed by atoms with E-state index in [0.29, 0.717) is 6.54 Å². The number of carbonyl (C=O) groups excluding carboxylic acids is 1. The van der Waals surface area contributed by atoms with Gasteiger partial charge in [0.25, 0.3) is 0 Å². The third kappa shape index (κ3) is 1.58. The lowest BCUT2D eigenvalue weighted by Crippen LogP contribution is -2.61. The van der Waals surface area contributed by atoms with E-state index in [0.717, 1.165) is 24.5 Å². The fraction of sp³-hybridized carbons (Fsp3) is 0.417. The van der Waals surface area contributed by atoms with Gasteiger partial charge >= 0.3 is 0 Å². The van der Waals surface area contributed by atoms with Crippen LogP contribution in [-0.2, 0) is 4.79 Å². The van der Waals surface area contributed by atoms with Gasteiger partial charge in [-0.3, -0.25) is 4.79 Å². The van der Waals surface area contributed by atoms with Gasteiger partial charge in [0.05, 0.1) is 24.0 Å². The maximum atomic E-state index is 13.2. The minimum atomic E-state index is -0.267. The van der Waals surface area contributed by atoms with Gasteiger partial charge < -0.3 is 15.1 Å². The van der Waals surface area contributed by atoms with Crippen molar-refractivity contribution in [2.45, 2.75) is 6.04 Å². The van der Waals surface area contributed by atoms with Crippen molar-refractivity contribution < 1.29 is 9.18 Å². The topological polar surface area (TPSA) is 35.6 Å². The Morgan fingerprint density at radius 1 is 1.41 bits per heavy atom. The van der Waals surface area contributed by atoms with Crippen LogP contribution in [0.15, 0.2) is 18.2 Å². The van der Waals surface area contributed by atoms with Crippen LogP contribution in [0.2, 0.25) is 0 Å². The van der Waals surface area contributed by atoms with E-state index in [9.17, 15) is 9.18 Å². The van der Waals surface area contributed by atoms with Crippen LogP contribution in [0.1, 0.15) is 0 Å². The maximum absolute atomic E-state index is 13.2. The molecule has 0 aromatic heterocycles. The molecule has 0 aliphatic carbocycles. The van der Waals surface area contributed by atoms with Crippen molar-refractivity contribution in [3.8, 4) is 0 Å².